The van der Waals surface area contributed by atoms with Crippen LogP contribution in [0.3, 0.4) is 0 Å². The molecule has 0 saturated carbocycles. The first-order valence-corrected chi connectivity index (χ1v) is 8.10. The van der Waals surface area contributed by atoms with Gasteiger partial charge in [0.25, 0.3) is 5.69 Å². The molecule has 0 fully saturated rings. The molecule has 146 valence electrons. The van der Waals surface area contributed by atoms with Gasteiger partial charge in [0.15, 0.2) is 11.5 Å². The molecule has 0 heterocycles. The van der Waals surface area contributed by atoms with Crippen molar-refractivity contribution < 1.29 is 24.5 Å². The number of ether oxygens (including phenoxy) is 2. The van der Waals surface area contributed by atoms with Gasteiger partial charge in [-0.25, -0.2) is 0 Å². The number of nitrogens with zero attached hydrogens (tertiary/aromatic N) is 3. The molecule has 0 spiro atoms. The summed E-state index contributed by atoms with van der Waals surface area (Å²) in [5.41, 5.74) is 0.115. The molecule has 0 amide bonds. The molecule has 0 radical (unpaired) electrons. The number of benzene rings is 2. The van der Waals surface area contributed by atoms with Gasteiger partial charge in [0.1, 0.15) is 0 Å². The first-order chi connectivity index (χ1) is 13.4. The molecule has 2 aromatic carbocycles. The highest BCUT2D eigenvalue weighted by Crippen LogP contribution is 2.41. The minimum atomic E-state index is -0.761. The molecule has 0 unspecified atom stereocenters. The van der Waals surface area contributed by atoms with E-state index in [9.17, 15) is 20.2 Å². The number of non-ortho nitro benzene ring substituents is 1. The van der Waals surface area contributed by atoms with Gasteiger partial charge in [0.2, 0.25) is 5.75 Å². The average molecular weight is 387 g/mol. The van der Waals surface area contributed by atoms with Crippen LogP contribution in [0.25, 0.3) is 0 Å². The molecular weight excluding hydrogens is 370 g/mol. The predicted molar refractivity (Wildman–Crippen MR) is 101 cm³/mol. The lowest BCUT2D eigenvalue weighted by Gasteiger charge is -2.16. The lowest BCUT2D eigenvalue weighted by atomic mass is 10.1. The minimum absolute atomic E-state index is 0.176. The molecule has 0 saturated heterocycles. The molecule has 2 rings (SSSR count). The first-order valence-electron chi connectivity index (χ1n) is 8.10. The van der Waals surface area contributed by atoms with Gasteiger partial charge < -0.3 is 14.7 Å². The molecule has 28 heavy (non-hydrogen) atoms. The third-order valence-corrected chi connectivity index (χ3v) is 3.59. The number of oxime groups is 1. The Morgan fingerprint density at radius 1 is 1.18 bits per heavy atom. The molecule has 0 aromatic heterocycles. The monoisotopic (exact) mass is 387 g/mol. The Labute approximate surface area is 159 Å². The summed E-state index contributed by atoms with van der Waals surface area (Å²) in [6.07, 6.45) is 3.14. The fraction of sp³-hybridized carbons (Fsp3) is 0.167. The summed E-state index contributed by atoms with van der Waals surface area (Å²) < 4.78 is 11.3. The van der Waals surface area contributed by atoms with E-state index in [0.29, 0.717) is 17.5 Å². The zero-order chi connectivity index (χ0) is 20.7. The van der Waals surface area contributed by atoms with Crippen LogP contribution in [0.2, 0.25) is 0 Å². The maximum atomic E-state index is 11.4. The van der Waals surface area contributed by atoms with Crippen LogP contribution in [-0.4, -0.2) is 27.9 Å². The number of hydrogen-bond acceptors (Lipinski definition) is 8. The Morgan fingerprint density at radius 2 is 1.93 bits per heavy atom. The lowest BCUT2D eigenvalue weighted by Crippen LogP contribution is -2.02. The average Bonchev–Trinajstić information content (AvgIpc) is 2.65. The smallest absolute Gasteiger partial charge is 0.318 e. The molecule has 0 aliphatic carbocycles. The molecule has 0 aliphatic rings. The fourth-order valence-electron chi connectivity index (χ4n) is 2.47. The van der Waals surface area contributed by atoms with Crippen molar-refractivity contribution in [3.63, 3.8) is 0 Å². The quantitative estimate of drug-likeness (QED) is 0.223. The van der Waals surface area contributed by atoms with Crippen LogP contribution in [0, 0.1) is 20.2 Å². The van der Waals surface area contributed by atoms with E-state index >= 15 is 0 Å². The number of allylic oxidation sites excluding steroid dienone is 1. The van der Waals surface area contributed by atoms with E-state index < -0.39 is 21.2 Å². The summed E-state index contributed by atoms with van der Waals surface area (Å²) in [7, 11) is 0. The Hall–Kier alpha value is -3.95. The maximum absolute atomic E-state index is 11.4. The molecule has 2 aromatic rings. The summed E-state index contributed by atoms with van der Waals surface area (Å²) in [4.78, 5) is 20.8. The van der Waals surface area contributed by atoms with Gasteiger partial charge in [-0.1, -0.05) is 11.2 Å². The Balaban J connectivity index is 2.62. The zero-order valence-electron chi connectivity index (χ0n) is 14.9. The van der Waals surface area contributed by atoms with Crippen LogP contribution >= 0.6 is 0 Å². The second-order valence-corrected chi connectivity index (χ2v) is 5.45. The Bertz CT molecular complexity index is 941. The van der Waals surface area contributed by atoms with E-state index in [1.54, 1.807) is 25.1 Å². The Kier molecular flexibility index (Phi) is 6.63. The third kappa shape index (κ3) is 4.61. The minimum Gasteiger partial charge on any atom is -0.490 e. The summed E-state index contributed by atoms with van der Waals surface area (Å²) in [6, 6.07) is 6.30. The van der Waals surface area contributed by atoms with Crippen LogP contribution in [0.15, 0.2) is 48.1 Å². The van der Waals surface area contributed by atoms with Crippen molar-refractivity contribution in [3.05, 3.63) is 74.3 Å². The highest BCUT2D eigenvalue weighted by molar-refractivity contribution is 5.81. The van der Waals surface area contributed by atoms with Crippen molar-refractivity contribution in [1.82, 2.24) is 0 Å². The number of rotatable bonds is 9. The van der Waals surface area contributed by atoms with Gasteiger partial charge in [-0.15, -0.1) is 6.58 Å². The van der Waals surface area contributed by atoms with Crippen LogP contribution in [0.5, 0.6) is 17.2 Å². The van der Waals surface area contributed by atoms with Gasteiger partial charge in [-0.2, -0.15) is 0 Å². The fourth-order valence-corrected chi connectivity index (χ4v) is 2.47. The van der Waals surface area contributed by atoms with Crippen molar-refractivity contribution in [2.24, 2.45) is 5.16 Å². The summed E-state index contributed by atoms with van der Waals surface area (Å²) in [5, 5.41) is 34.0. The van der Waals surface area contributed by atoms with Crippen LogP contribution < -0.4 is 9.47 Å². The normalized spacial score (nSPS) is 10.6. The number of nitro benzene ring substituents is 2. The largest absolute Gasteiger partial charge is 0.490 e. The second kappa shape index (κ2) is 9.12. The predicted octanol–water partition coefficient (Wildman–Crippen LogP) is 4.23. The highest BCUT2D eigenvalue weighted by Gasteiger charge is 2.23. The van der Waals surface area contributed by atoms with Crippen molar-refractivity contribution in [2.45, 2.75) is 13.3 Å². The van der Waals surface area contributed by atoms with Gasteiger partial charge in [0.05, 0.1) is 28.7 Å². The molecule has 0 atom stereocenters. The first kappa shape index (κ1) is 20.4. The molecule has 0 bridgehead atoms. The molecule has 10 heteroatoms. The molecule has 10 nitrogen and oxygen atoms in total. The topological polar surface area (TPSA) is 137 Å². The van der Waals surface area contributed by atoms with E-state index in [2.05, 4.69) is 11.7 Å². The molecule has 0 aliphatic heterocycles. The van der Waals surface area contributed by atoms with E-state index in [4.69, 9.17) is 14.7 Å². The number of nitro groups is 2. The van der Waals surface area contributed by atoms with Crippen molar-refractivity contribution in [1.29, 1.82) is 0 Å². The SMILES string of the molecule is C=CCc1cc(/C=N\O)cc(OCC)c1Oc1ccc([N+](=O)[O-])cc1[N+](=O)[O-]. The van der Waals surface area contributed by atoms with E-state index in [0.717, 1.165) is 18.2 Å². The van der Waals surface area contributed by atoms with Gasteiger partial charge in [-0.05, 0) is 31.5 Å². The summed E-state index contributed by atoms with van der Waals surface area (Å²) in [6.45, 7) is 5.70. The lowest BCUT2D eigenvalue weighted by molar-refractivity contribution is -0.394. The molecule has 1 N–H and O–H groups in total. The van der Waals surface area contributed by atoms with Crippen LogP contribution in [0.1, 0.15) is 18.1 Å². The van der Waals surface area contributed by atoms with Gasteiger partial charge in [0, 0.05) is 17.2 Å². The van der Waals surface area contributed by atoms with Crippen molar-refractivity contribution in [2.75, 3.05) is 6.61 Å². The highest BCUT2D eigenvalue weighted by atomic mass is 16.6. The van der Waals surface area contributed by atoms with E-state index in [1.165, 1.54) is 6.21 Å². The third-order valence-electron chi connectivity index (χ3n) is 3.59. The van der Waals surface area contributed by atoms with Gasteiger partial charge >= 0.3 is 5.69 Å². The number of hydrogen-bond donors (Lipinski definition) is 1. The summed E-state index contributed by atoms with van der Waals surface area (Å²) >= 11 is 0. The Morgan fingerprint density at radius 3 is 2.50 bits per heavy atom. The second-order valence-electron chi connectivity index (χ2n) is 5.45. The standard InChI is InChI=1S/C18H17N3O7/c1-3-5-13-8-12(11-19-22)9-17(27-4-2)18(13)28-16-7-6-14(20(23)24)10-15(16)21(25)26/h3,6-11,22H,1,4-5H2,2H3/b19-11-. The van der Waals surface area contributed by atoms with Gasteiger partial charge in [-0.3, -0.25) is 20.2 Å². The van der Waals surface area contributed by atoms with Crippen molar-refractivity contribution >= 4 is 17.6 Å². The molecular formula is C18H17N3O7. The van der Waals surface area contributed by atoms with Crippen molar-refractivity contribution in [3.8, 4) is 17.2 Å². The maximum Gasteiger partial charge on any atom is 0.318 e. The zero-order valence-corrected chi connectivity index (χ0v) is 14.9. The summed E-state index contributed by atoms with van der Waals surface area (Å²) in [5.74, 6) is 0.295. The van der Waals surface area contributed by atoms with E-state index in [1.807, 2.05) is 0 Å². The van der Waals surface area contributed by atoms with Crippen LogP contribution in [-0.2, 0) is 6.42 Å². The van der Waals surface area contributed by atoms with E-state index in [-0.39, 0.29) is 23.9 Å². The van der Waals surface area contributed by atoms with Crippen LogP contribution in [0.4, 0.5) is 11.4 Å².